The molecule has 5 nitrogen and oxygen atoms in total. The Bertz CT molecular complexity index is 696. The number of allylic oxidation sites excluding steroid dienone is 1. The summed E-state index contributed by atoms with van der Waals surface area (Å²) in [4.78, 5) is 11.6. The van der Waals surface area contributed by atoms with Crippen molar-refractivity contribution in [2.45, 2.75) is 84.4 Å². The van der Waals surface area contributed by atoms with Crippen LogP contribution in [-0.2, 0) is 19.0 Å². The van der Waals surface area contributed by atoms with Crippen molar-refractivity contribution in [3.8, 4) is 11.8 Å². The molecule has 1 aliphatic heterocycles. The third-order valence-corrected chi connectivity index (χ3v) is 5.52. The Labute approximate surface area is 162 Å². The number of hydrogen-bond acceptors (Lipinski definition) is 5. The van der Waals surface area contributed by atoms with E-state index in [0.717, 1.165) is 6.42 Å². The molecule has 0 saturated carbocycles. The van der Waals surface area contributed by atoms with Crippen LogP contribution < -0.4 is 0 Å². The molecule has 150 valence electrons. The summed E-state index contributed by atoms with van der Waals surface area (Å²) < 4.78 is 16.9. The lowest BCUT2D eigenvalue weighted by Crippen LogP contribution is -2.53. The lowest BCUT2D eigenvalue weighted by atomic mass is 9.63. The normalized spacial score (nSPS) is 35.4. The van der Waals surface area contributed by atoms with Gasteiger partial charge in [0.2, 0.25) is 0 Å². The van der Waals surface area contributed by atoms with E-state index in [2.05, 4.69) is 11.8 Å². The zero-order valence-corrected chi connectivity index (χ0v) is 17.5. The van der Waals surface area contributed by atoms with Crippen LogP contribution in [0.25, 0.3) is 0 Å². The summed E-state index contributed by atoms with van der Waals surface area (Å²) in [7, 11) is 1.34. The van der Waals surface area contributed by atoms with Gasteiger partial charge in [0.25, 0.3) is 0 Å². The van der Waals surface area contributed by atoms with Crippen molar-refractivity contribution in [2.75, 3.05) is 7.11 Å². The monoisotopic (exact) mass is 376 g/mol. The van der Waals surface area contributed by atoms with E-state index >= 15 is 0 Å². The van der Waals surface area contributed by atoms with Gasteiger partial charge in [0, 0.05) is 23.5 Å². The maximum atomic E-state index is 11.6. The lowest BCUT2D eigenvalue weighted by Gasteiger charge is -2.48. The molecule has 2 rings (SSSR count). The quantitative estimate of drug-likeness (QED) is 0.353. The lowest BCUT2D eigenvalue weighted by molar-refractivity contribution is -0.182. The first-order valence-corrected chi connectivity index (χ1v) is 9.58. The van der Waals surface area contributed by atoms with Gasteiger partial charge in [-0.05, 0) is 38.8 Å². The number of carbonyl (C=O) groups excluding carboxylic acids is 1. The third-order valence-electron chi connectivity index (χ3n) is 5.52. The molecule has 0 bridgehead atoms. The van der Waals surface area contributed by atoms with E-state index < -0.39 is 22.8 Å². The zero-order chi connectivity index (χ0) is 20.5. The molecule has 1 saturated heterocycles. The number of esters is 1. The van der Waals surface area contributed by atoms with Gasteiger partial charge in [-0.2, -0.15) is 0 Å². The van der Waals surface area contributed by atoms with Crippen molar-refractivity contribution in [1.82, 2.24) is 0 Å². The fraction of sp³-hybridized carbons (Fsp3) is 0.682. The molecule has 0 aromatic rings. The zero-order valence-electron chi connectivity index (χ0n) is 17.5. The van der Waals surface area contributed by atoms with Crippen molar-refractivity contribution in [3.63, 3.8) is 0 Å². The Hall–Kier alpha value is -1.61. The van der Waals surface area contributed by atoms with Gasteiger partial charge in [-0.15, -0.1) is 0 Å². The van der Waals surface area contributed by atoms with Crippen LogP contribution in [-0.4, -0.2) is 41.8 Å². The number of ether oxygens (including phenoxy) is 3. The van der Waals surface area contributed by atoms with Crippen molar-refractivity contribution < 1.29 is 24.1 Å². The predicted molar refractivity (Wildman–Crippen MR) is 104 cm³/mol. The SMILES string of the molecule is CCC/C(C#CC1(O)C(C)=CC2(CC1(C)C)OC(C)C(C)O2)=C/C(=O)OC. The third kappa shape index (κ3) is 4.29. The Morgan fingerprint density at radius 2 is 1.96 bits per heavy atom. The van der Waals surface area contributed by atoms with E-state index in [1.807, 2.05) is 47.6 Å². The van der Waals surface area contributed by atoms with Crippen LogP contribution in [0.3, 0.4) is 0 Å². The van der Waals surface area contributed by atoms with Gasteiger partial charge in [0.05, 0.1) is 19.3 Å². The first kappa shape index (κ1) is 21.7. The molecule has 1 aliphatic carbocycles. The average molecular weight is 376 g/mol. The Kier molecular flexibility index (Phi) is 6.26. The number of carbonyl (C=O) groups is 1. The van der Waals surface area contributed by atoms with E-state index in [-0.39, 0.29) is 12.2 Å². The molecule has 0 aromatic heterocycles. The molecule has 0 aromatic carbocycles. The van der Waals surface area contributed by atoms with Crippen molar-refractivity contribution in [3.05, 3.63) is 23.3 Å². The van der Waals surface area contributed by atoms with Crippen molar-refractivity contribution in [2.24, 2.45) is 5.41 Å². The molecule has 27 heavy (non-hydrogen) atoms. The van der Waals surface area contributed by atoms with Gasteiger partial charge >= 0.3 is 5.97 Å². The van der Waals surface area contributed by atoms with Crippen LogP contribution in [0.4, 0.5) is 0 Å². The summed E-state index contributed by atoms with van der Waals surface area (Å²) in [6.45, 7) is 11.8. The second-order valence-corrected chi connectivity index (χ2v) is 8.25. The molecule has 2 aliphatic rings. The van der Waals surface area contributed by atoms with E-state index in [1.165, 1.54) is 13.2 Å². The standard InChI is InChI=1S/C22H32O5/c1-8-9-18(12-19(23)25-7)10-11-22(24)15(2)13-21(14-20(22,5)6)26-16(3)17(4)27-21/h12-13,16-17,24H,8-9,14H2,1-7H3/b18-12-. The van der Waals surface area contributed by atoms with Gasteiger partial charge in [-0.1, -0.05) is 39.0 Å². The molecule has 1 N–H and O–H groups in total. The van der Waals surface area contributed by atoms with E-state index in [4.69, 9.17) is 14.2 Å². The van der Waals surface area contributed by atoms with Gasteiger partial charge in [-0.3, -0.25) is 0 Å². The first-order valence-electron chi connectivity index (χ1n) is 9.58. The van der Waals surface area contributed by atoms with Gasteiger partial charge in [0.1, 0.15) is 0 Å². The summed E-state index contributed by atoms with van der Waals surface area (Å²) >= 11 is 0. The average Bonchev–Trinajstić information content (AvgIpc) is 2.83. The van der Waals surface area contributed by atoms with E-state index in [1.54, 1.807) is 0 Å². The van der Waals surface area contributed by atoms with Gasteiger partial charge < -0.3 is 19.3 Å². The molecule has 1 heterocycles. The summed E-state index contributed by atoms with van der Waals surface area (Å²) in [5.41, 5.74) is -0.604. The second kappa shape index (κ2) is 7.79. The Morgan fingerprint density at radius 3 is 2.44 bits per heavy atom. The molecule has 3 atom stereocenters. The van der Waals surface area contributed by atoms with Crippen LogP contribution in [0, 0.1) is 17.3 Å². The smallest absolute Gasteiger partial charge is 0.331 e. The second-order valence-electron chi connectivity index (χ2n) is 8.25. The maximum Gasteiger partial charge on any atom is 0.331 e. The van der Waals surface area contributed by atoms with E-state index in [9.17, 15) is 9.90 Å². The molecule has 1 fully saturated rings. The maximum absolute atomic E-state index is 11.6. The highest BCUT2D eigenvalue weighted by atomic mass is 16.8. The molecule has 1 spiro atoms. The van der Waals surface area contributed by atoms with Gasteiger partial charge in [0.15, 0.2) is 11.4 Å². The molecular weight excluding hydrogens is 344 g/mol. The topological polar surface area (TPSA) is 65.0 Å². The minimum absolute atomic E-state index is 0.0127. The first-order chi connectivity index (χ1) is 12.5. The predicted octanol–water partition coefficient (Wildman–Crippen LogP) is 3.52. The highest BCUT2D eigenvalue weighted by Crippen LogP contribution is 2.51. The molecule has 5 heteroatoms. The largest absolute Gasteiger partial charge is 0.466 e. The van der Waals surface area contributed by atoms with Crippen LogP contribution in [0.1, 0.15) is 60.8 Å². The molecular formula is C22H32O5. The fourth-order valence-electron chi connectivity index (χ4n) is 3.84. The van der Waals surface area contributed by atoms with Crippen molar-refractivity contribution in [1.29, 1.82) is 0 Å². The Morgan fingerprint density at radius 1 is 1.37 bits per heavy atom. The molecule has 0 amide bonds. The number of rotatable bonds is 3. The van der Waals surface area contributed by atoms with Crippen molar-refractivity contribution >= 4 is 5.97 Å². The summed E-state index contributed by atoms with van der Waals surface area (Å²) in [5.74, 6) is 4.78. The molecule has 0 radical (unpaired) electrons. The van der Waals surface area contributed by atoms with Crippen LogP contribution in [0.15, 0.2) is 23.3 Å². The number of methoxy groups -OCH3 is 1. The molecule has 3 unspecified atom stereocenters. The van der Waals surface area contributed by atoms with Crippen LogP contribution in [0.5, 0.6) is 0 Å². The van der Waals surface area contributed by atoms with Crippen LogP contribution >= 0.6 is 0 Å². The number of aliphatic hydroxyl groups is 1. The van der Waals surface area contributed by atoms with E-state index in [0.29, 0.717) is 24.0 Å². The minimum Gasteiger partial charge on any atom is -0.466 e. The highest BCUT2D eigenvalue weighted by molar-refractivity contribution is 5.83. The van der Waals surface area contributed by atoms with Crippen LogP contribution in [0.2, 0.25) is 0 Å². The summed E-state index contributed by atoms with van der Waals surface area (Å²) in [6, 6.07) is 0. The summed E-state index contributed by atoms with van der Waals surface area (Å²) in [6.07, 6.45) is 5.20. The minimum atomic E-state index is -1.34. The number of hydrogen-bond donors (Lipinski definition) is 1. The fourth-order valence-corrected chi connectivity index (χ4v) is 3.84. The summed E-state index contributed by atoms with van der Waals surface area (Å²) in [5, 5.41) is 11.5. The highest BCUT2D eigenvalue weighted by Gasteiger charge is 2.56. The Balaban J connectivity index is 2.42. The van der Waals surface area contributed by atoms with Gasteiger partial charge in [-0.25, -0.2) is 4.79 Å².